The molecule has 106 valence electrons. The molecule has 0 unspecified atom stereocenters. The first-order chi connectivity index (χ1) is 9.69. The number of aryl methyl sites for hydroxylation is 2. The molecule has 0 aliphatic heterocycles. The van der Waals surface area contributed by atoms with Crippen LogP contribution >= 0.6 is 23.1 Å². The fraction of sp³-hybridized carbons (Fsp3) is 0.462. The molecule has 2 amide bonds. The largest absolute Gasteiger partial charge is 0.351 e. The molecule has 0 saturated heterocycles. The van der Waals surface area contributed by atoms with Crippen molar-refractivity contribution >= 4 is 45.2 Å². The molecule has 3 N–H and O–H groups in total. The van der Waals surface area contributed by atoms with Crippen LogP contribution in [-0.4, -0.2) is 22.3 Å². The van der Waals surface area contributed by atoms with Crippen LogP contribution in [0.25, 0.3) is 10.2 Å². The lowest BCUT2D eigenvalue weighted by molar-refractivity contribution is 0.259. The topological polar surface area (TPSA) is 80.9 Å². The first-order valence-electron chi connectivity index (χ1n) is 6.61. The third kappa shape index (κ3) is 2.47. The molecule has 0 saturated carbocycles. The van der Waals surface area contributed by atoms with Crippen LogP contribution in [0.1, 0.15) is 29.7 Å². The highest BCUT2D eigenvalue weighted by Gasteiger charge is 2.20. The summed E-state index contributed by atoms with van der Waals surface area (Å²) in [6.45, 7) is 0. The Kier molecular flexibility index (Phi) is 3.80. The average Bonchev–Trinajstić information content (AvgIpc) is 2.60. The van der Waals surface area contributed by atoms with Crippen molar-refractivity contribution in [3.05, 3.63) is 10.4 Å². The number of rotatable bonds is 2. The zero-order valence-electron chi connectivity index (χ0n) is 11.2. The number of primary amides is 1. The van der Waals surface area contributed by atoms with Crippen molar-refractivity contribution in [3.8, 4) is 0 Å². The lowest BCUT2D eigenvalue weighted by Gasteiger charge is -2.07. The number of nitrogens with one attached hydrogen (secondary N) is 1. The summed E-state index contributed by atoms with van der Waals surface area (Å²) in [6, 6.07) is -0.578. The summed E-state index contributed by atoms with van der Waals surface area (Å²) in [5.74, 6) is 0.561. The van der Waals surface area contributed by atoms with E-state index >= 15 is 0 Å². The van der Waals surface area contributed by atoms with Crippen LogP contribution in [0.4, 0.5) is 10.6 Å². The summed E-state index contributed by atoms with van der Waals surface area (Å²) < 4.78 is 0. The standard InChI is InChI=1S/C13H16N4OS2/c1-19-13-16-10(15-12(14)18)9-7-5-3-2-4-6-8(7)20-11(9)17-13/h2-6H2,1H3,(H3,14,15,16,17,18). The second-order valence-corrected chi connectivity index (χ2v) is 6.65. The molecule has 0 radical (unpaired) electrons. The zero-order chi connectivity index (χ0) is 14.1. The van der Waals surface area contributed by atoms with Gasteiger partial charge in [0.2, 0.25) is 0 Å². The molecule has 20 heavy (non-hydrogen) atoms. The molecular formula is C13H16N4OS2. The number of nitrogens with two attached hydrogens (primary N) is 1. The minimum absolute atomic E-state index is 0.561. The first kappa shape index (κ1) is 13.6. The quantitative estimate of drug-likeness (QED) is 0.507. The number of thioether (sulfide) groups is 1. The Morgan fingerprint density at radius 2 is 2.10 bits per heavy atom. The van der Waals surface area contributed by atoms with Gasteiger partial charge in [-0.1, -0.05) is 18.2 Å². The average molecular weight is 308 g/mol. The van der Waals surface area contributed by atoms with Crippen LogP contribution in [0.3, 0.4) is 0 Å². The fourth-order valence-corrected chi connectivity index (χ4v) is 4.30. The van der Waals surface area contributed by atoms with Gasteiger partial charge >= 0.3 is 6.03 Å². The van der Waals surface area contributed by atoms with Gasteiger partial charge in [-0.25, -0.2) is 14.8 Å². The number of aromatic nitrogens is 2. The number of thiophene rings is 1. The molecule has 1 aliphatic rings. The Bertz CT molecular complexity index is 668. The molecule has 7 heteroatoms. The smallest absolute Gasteiger partial charge is 0.317 e. The number of urea groups is 1. The number of anilines is 1. The van der Waals surface area contributed by atoms with Crippen molar-refractivity contribution in [2.45, 2.75) is 37.3 Å². The molecule has 0 fully saturated rings. The third-order valence-electron chi connectivity index (χ3n) is 3.47. The summed E-state index contributed by atoms with van der Waals surface area (Å²) in [5.41, 5.74) is 6.57. The van der Waals surface area contributed by atoms with Gasteiger partial charge in [-0.05, 0) is 37.5 Å². The van der Waals surface area contributed by atoms with Crippen LogP contribution in [-0.2, 0) is 12.8 Å². The Morgan fingerprint density at radius 1 is 1.30 bits per heavy atom. The first-order valence-corrected chi connectivity index (χ1v) is 8.66. The second kappa shape index (κ2) is 5.57. The molecular weight excluding hydrogens is 292 g/mol. The van der Waals surface area contributed by atoms with E-state index in [1.54, 1.807) is 11.3 Å². The van der Waals surface area contributed by atoms with Gasteiger partial charge in [-0.3, -0.25) is 5.32 Å². The number of nitrogens with zero attached hydrogens (tertiary/aromatic N) is 2. The van der Waals surface area contributed by atoms with Gasteiger partial charge in [-0.15, -0.1) is 11.3 Å². The maximum Gasteiger partial charge on any atom is 0.317 e. The maximum absolute atomic E-state index is 11.2. The van der Waals surface area contributed by atoms with Crippen molar-refractivity contribution in [2.75, 3.05) is 11.6 Å². The van der Waals surface area contributed by atoms with E-state index < -0.39 is 6.03 Å². The molecule has 0 atom stereocenters. The van der Waals surface area contributed by atoms with Crippen LogP contribution in [0, 0.1) is 0 Å². The highest BCUT2D eigenvalue weighted by Crippen LogP contribution is 2.38. The minimum Gasteiger partial charge on any atom is -0.351 e. The summed E-state index contributed by atoms with van der Waals surface area (Å²) in [4.78, 5) is 22.6. The molecule has 1 aliphatic carbocycles. The van der Waals surface area contributed by atoms with Gasteiger partial charge in [0, 0.05) is 4.88 Å². The highest BCUT2D eigenvalue weighted by atomic mass is 32.2. The maximum atomic E-state index is 11.2. The van der Waals surface area contributed by atoms with Crippen molar-refractivity contribution in [2.24, 2.45) is 5.73 Å². The number of amides is 2. The Balaban J connectivity index is 2.22. The molecule has 0 bridgehead atoms. The van der Waals surface area contributed by atoms with Gasteiger partial charge in [0.1, 0.15) is 10.6 Å². The Morgan fingerprint density at radius 3 is 2.85 bits per heavy atom. The van der Waals surface area contributed by atoms with E-state index in [4.69, 9.17) is 5.73 Å². The monoisotopic (exact) mass is 308 g/mol. The SMILES string of the molecule is CSc1nc(NC(N)=O)c2c3c(sc2n1)CCCCC3. The minimum atomic E-state index is -0.578. The number of hydrogen-bond donors (Lipinski definition) is 2. The van der Waals surface area contributed by atoms with Crippen molar-refractivity contribution in [3.63, 3.8) is 0 Å². The van der Waals surface area contributed by atoms with Crippen LogP contribution < -0.4 is 11.1 Å². The van der Waals surface area contributed by atoms with E-state index in [0.717, 1.165) is 23.1 Å². The molecule has 0 aromatic carbocycles. The molecule has 0 spiro atoms. The van der Waals surface area contributed by atoms with Gasteiger partial charge in [0.05, 0.1) is 5.39 Å². The molecule has 5 nitrogen and oxygen atoms in total. The second-order valence-electron chi connectivity index (χ2n) is 4.79. The normalized spacial score (nSPS) is 14.8. The summed E-state index contributed by atoms with van der Waals surface area (Å²) in [5, 5.41) is 4.31. The van der Waals surface area contributed by atoms with Crippen molar-refractivity contribution in [1.82, 2.24) is 9.97 Å². The molecule has 2 aromatic heterocycles. The fourth-order valence-electron chi connectivity index (χ4n) is 2.61. The summed E-state index contributed by atoms with van der Waals surface area (Å²) in [7, 11) is 0. The van der Waals surface area contributed by atoms with Gasteiger partial charge in [0.25, 0.3) is 0 Å². The van der Waals surface area contributed by atoms with E-state index in [1.807, 2.05) is 6.26 Å². The predicted octanol–water partition coefficient (Wildman–Crippen LogP) is 3.17. The van der Waals surface area contributed by atoms with E-state index in [1.165, 1.54) is 41.5 Å². The summed E-state index contributed by atoms with van der Waals surface area (Å²) in [6.07, 6.45) is 7.71. The van der Waals surface area contributed by atoms with Gasteiger partial charge < -0.3 is 5.73 Å². The van der Waals surface area contributed by atoms with Gasteiger partial charge in [0.15, 0.2) is 5.16 Å². The zero-order valence-corrected chi connectivity index (χ0v) is 12.9. The highest BCUT2D eigenvalue weighted by molar-refractivity contribution is 7.98. The number of carbonyl (C=O) groups is 1. The van der Waals surface area contributed by atoms with Crippen LogP contribution in [0.5, 0.6) is 0 Å². The van der Waals surface area contributed by atoms with E-state index in [0.29, 0.717) is 11.0 Å². The predicted molar refractivity (Wildman–Crippen MR) is 83.7 cm³/mol. The molecule has 2 heterocycles. The Hall–Kier alpha value is -1.34. The van der Waals surface area contributed by atoms with E-state index in [9.17, 15) is 4.79 Å². The van der Waals surface area contributed by atoms with E-state index in [2.05, 4.69) is 15.3 Å². The summed E-state index contributed by atoms with van der Waals surface area (Å²) >= 11 is 3.19. The van der Waals surface area contributed by atoms with E-state index in [-0.39, 0.29) is 0 Å². The molecule has 2 aromatic rings. The lowest BCUT2D eigenvalue weighted by atomic mass is 10.1. The van der Waals surface area contributed by atoms with Crippen LogP contribution in [0.2, 0.25) is 0 Å². The van der Waals surface area contributed by atoms with Crippen LogP contribution in [0.15, 0.2) is 5.16 Å². The van der Waals surface area contributed by atoms with Gasteiger partial charge in [-0.2, -0.15) is 0 Å². The van der Waals surface area contributed by atoms with Crippen molar-refractivity contribution in [1.29, 1.82) is 0 Å². The third-order valence-corrected chi connectivity index (χ3v) is 5.20. The number of fused-ring (bicyclic) bond motifs is 3. The number of carbonyl (C=O) groups excluding carboxylic acids is 1. The molecule has 3 rings (SSSR count). The van der Waals surface area contributed by atoms with Crippen molar-refractivity contribution < 1.29 is 4.79 Å². The number of hydrogen-bond acceptors (Lipinski definition) is 5. The lowest BCUT2D eigenvalue weighted by Crippen LogP contribution is -2.20. The Labute approximate surface area is 125 Å².